The van der Waals surface area contributed by atoms with E-state index in [0.29, 0.717) is 31.6 Å². The molecule has 2 saturated carbocycles. The van der Waals surface area contributed by atoms with Gasteiger partial charge in [0, 0.05) is 30.7 Å². The Morgan fingerprint density at radius 2 is 1.81 bits per heavy atom. The summed E-state index contributed by atoms with van der Waals surface area (Å²) in [5, 5.41) is 6.64. The monoisotopic (exact) mass is 835 g/mol. The van der Waals surface area contributed by atoms with Crippen molar-refractivity contribution in [3.05, 3.63) is 42.5 Å². The fourth-order valence-corrected chi connectivity index (χ4v) is 9.15. The molecule has 318 valence electrons. The minimum atomic E-state index is -4.44. The summed E-state index contributed by atoms with van der Waals surface area (Å²) in [5.41, 5.74) is -3.97. The van der Waals surface area contributed by atoms with Crippen molar-refractivity contribution < 1.29 is 55.0 Å². The van der Waals surface area contributed by atoms with Crippen molar-refractivity contribution in [3.63, 3.8) is 0 Å². The van der Waals surface area contributed by atoms with Gasteiger partial charge in [0.25, 0.3) is 11.8 Å². The van der Waals surface area contributed by atoms with Crippen LogP contribution in [0.4, 0.5) is 18.0 Å². The van der Waals surface area contributed by atoms with E-state index in [9.17, 15) is 40.8 Å². The summed E-state index contributed by atoms with van der Waals surface area (Å²) < 4.78 is 86.3. The van der Waals surface area contributed by atoms with Crippen LogP contribution >= 0.6 is 0 Å². The van der Waals surface area contributed by atoms with Crippen LogP contribution in [0.5, 0.6) is 11.8 Å². The van der Waals surface area contributed by atoms with E-state index in [1.165, 1.54) is 12.0 Å². The van der Waals surface area contributed by atoms with Gasteiger partial charge in [-0.1, -0.05) is 44.2 Å². The van der Waals surface area contributed by atoms with Crippen LogP contribution in [0.25, 0.3) is 10.8 Å². The minimum absolute atomic E-state index is 0.0141. The molecule has 0 bridgehead atoms. The normalized spacial score (nSPS) is 29.4. The first kappa shape index (κ1) is 43.0. The predicted octanol–water partition coefficient (Wildman–Crippen LogP) is 4.96. The van der Waals surface area contributed by atoms with Gasteiger partial charge in [-0.25, -0.2) is 26.4 Å². The van der Waals surface area contributed by atoms with E-state index in [1.807, 2.05) is 29.9 Å². The molecule has 1 aromatic heterocycles. The number of pyridine rings is 1. The van der Waals surface area contributed by atoms with Crippen molar-refractivity contribution >= 4 is 44.6 Å². The number of methoxy groups -OCH3 is 1. The smallest absolute Gasteiger partial charge is 0.408 e. The van der Waals surface area contributed by atoms with Gasteiger partial charge in [-0.05, 0) is 75.7 Å². The lowest BCUT2D eigenvalue weighted by Crippen LogP contribution is -2.60. The number of alkyl halides is 3. The number of nitrogens with zero attached hydrogens (tertiary/aromatic N) is 2. The molecule has 6 rings (SSSR count). The largest absolute Gasteiger partial charge is 0.481 e. The third kappa shape index (κ3) is 8.57. The van der Waals surface area contributed by atoms with Crippen molar-refractivity contribution in [3.8, 4) is 11.8 Å². The lowest BCUT2D eigenvalue weighted by Gasteiger charge is -2.35. The number of fused-ring (bicyclic) bond motifs is 3. The molecule has 4 aliphatic rings. The lowest BCUT2D eigenvalue weighted by atomic mass is 9.88. The van der Waals surface area contributed by atoms with E-state index in [0.717, 1.165) is 19.2 Å². The number of hydrogen-bond acceptors (Lipinski definition) is 10. The SMILES string of the molecule is COc1cc2ccccc2c(O[C@@H]2C[C@H]3C(=O)N[C@]4(C(=O)NS(=O)(=O)C5(CF)CC5)C[C@H]4/C=C\CC[C@@H](C)C[C@@H](C)C(NC(=O)OC(C)(C)C(C)(F)F)C(=O)N3C2)n1. The number of carbonyl (C=O) groups is 4. The lowest BCUT2D eigenvalue weighted by molar-refractivity contribution is -0.152. The Labute approximate surface area is 336 Å². The zero-order chi connectivity index (χ0) is 42.4. The molecule has 3 heterocycles. The summed E-state index contributed by atoms with van der Waals surface area (Å²) in [4.78, 5) is 62.2. The van der Waals surface area contributed by atoms with Gasteiger partial charge in [-0.2, -0.15) is 4.98 Å². The maximum atomic E-state index is 14.8. The summed E-state index contributed by atoms with van der Waals surface area (Å²) in [6, 6.07) is 6.26. The third-order valence-electron chi connectivity index (χ3n) is 12.1. The molecule has 2 aliphatic heterocycles. The van der Waals surface area contributed by atoms with Crippen molar-refractivity contribution in [2.75, 3.05) is 20.3 Å². The topological polar surface area (TPSA) is 182 Å². The number of amides is 4. The van der Waals surface area contributed by atoms with Crippen molar-refractivity contribution in [2.45, 2.75) is 120 Å². The zero-order valence-corrected chi connectivity index (χ0v) is 34.3. The summed E-state index contributed by atoms with van der Waals surface area (Å²) in [5.74, 6) is -6.78. The molecule has 1 saturated heterocycles. The first-order valence-corrected chi connectivity index (χ1v) is 21.0. The Morgan fingerprint density at radius 1 is 1.10 bits per heavy atom. The van der Waals surface area contributed by atoms with Crippen molar-refractivity contribution in [1.29, 1.82) is 0 Å². The molecule has 3 fully saturated rings. The number of halogens is 3. The quantitative estimate of drug-likeness (QED) is 0.277. The number of nitrogens with one attached hydrogen (secondary N) is 3. The predicted molar refractivity (Wildman–Crippen MR) is 206 cm³/mol. The molecule has 0 spiro atoms. The molecule has 58 heavy (non-hydrogen) atoms. The van der Waals surface area contributed by atoms with Crippen LogP contribution in [0.3, 0.4) is 0 Å². The molecular formula is C40H52F3N5O9S. The van der Waals surface area contributed by atoms with E-state index in [4.69, 9.17) is 14.2 Å². The number of hydrogen-bond donors (Lipinski definition) is 3. The highest BCUT2D eigenvalue weighted by Crippen LogP contribution is 2.48. The Kier molecular flexibility index (Phi) is 11.8. The molecule has 2 aromatic rings. The zero-order valence-electron chi connectivity index (χ0n) is 33.5. The number of aromatic nitrogens is 1. The second-order valence-electron chi connectivity index (χ2n) is 16.9. The van der Waals surface area contributed by atoms with Gasteiger partial charge in [0.15, 0.2) is 5.60 Å². The van der Waals surface area contributed by atoms with Crippen LogP contribution in [-0.2, 0) is 29.1 Å². The summed E-state index contributed by atoms with van der Waals surface area (Å²) in [7, 11) is -3.00. The second-order valence-corrected chi connectivity index (χ2v) is 19.0. The van der Waals surface area contributed by atoms with Crippen LogP contribution < -0.4 is 24.8 Å². The van der Waals surface area contributed by atoms with Crippen LogP contribution in [0, 0.1) is 17.8 Å². The highest BCUT2D eigenvalue weighted by atomic mass is 32.2. The van der Waals surface area contributed by atoms with E-state index in [-0.39, 0.29) is 49.9 Å². The number of sulfonamides is 1. The van der Waals surface area contributed by atoms with Crippen LogP contribution in [0.15, 0.2) is 42.5 Å². The Hall–Kier alpha value is -4.61. The summed E-state index contributed by atoms with van der Waals surface area (Å²) in [6.07, 6.45) is 3.03. The van der Waals surface area contributed by atoms with Gasteiger partial charge >= 0.3 is 6.09 Å². The average molecular weight is 836 g/mol. The third-order valence-corrected chi connectivity index (χ3v) is 14.2. The molecule has 2 aliphatic carbocycles. The van der Waals surface area contributed by atoms with Gasteiger partial charge in [0.1, 0.15) is 35.1 Å². The standard InChI is InChI=1S/C40H52F3N5O9S/c1-23-11-7-9-13-26-20-40(26,35(51)47-58(53,54)39(22-41)15-16-39)46-32(49)29-19-27(56-33-28-14-10-8-12-25(28)18-30(44-33)55-6)21-48(29)34(50)31(24(2)17-23)45-36(52)57-37(3,4)38(5,42)43/h8-10,12-14,18,23-24,26-27,29,31H,7,11,15-17,19-22H2,1-6H3,(H,45,52)(H,46,49)(H,47,51)/b13-9-/t23-,24-,26-,27-,29+,31?,40-/m1/s1. The molecule has 18 heteroatoms. The number of carbonyl (C=O) groups excluding carboxylic acids is 4. The van der Waals surface area contributed by atoms with E-state index < -0.39 is 92.3 Å². The van der Waals surface area contributed by atoms with E-state index in [2.05, 4.69) is 15.6 Å². The van der Waals surface area contributed by atoms with Gasteiger partial charge in [-0.15, -0.1) is 0 Å². The molecule has 1 unspecified atom stereocenters. The molecule has 1 aromatic carbocycles. The number of rotatable bonds is 10. The van der Waals surface area contributed by atoms with Gasteiger partial charge < -0.3 is 29.7 Å². The van der Waals surface area contributed by atoms with Crippen LogP contribution in [-0.4, -0.2) is 102 Å². The van der Waals surface area contributed by atoms with Crippen molar-refractivity contribution in [2.24, 2.45) is 17.8 Å². The fourth-order valence-electron chi connectivity index (χ4n) is 7.72. The summed E-state index contributed by atoms with van der Waals surface area (Å²) >= 11 is 0. The Balaban J connectivity index is 1.36. The number of allylic oxidation sites excluding steroid dienone is 1. The first-order chi connectivity index (χ1) is 27.2. The highest BCUT2D eigenvalue weighted by molar-refractivity contribution is 7.91. The van der Waals surface area contributed by atoms with Crippen molar-refractivity contribution in [1.82, 2.24) is 25.2 Å². The molecule has 4 amide bonds. The van der Waals surface area contributed by atoms with E-state index in [1.54, 1.807) is 31.2 Å². The number of benzene rings is 1. The molecule has 7 atom stereocenters. The summed E-state index contributed by atoms with van der Waals surface area (Å²) in [6.45, 7) is 5.03. The maximum Gasteiger partial charge on any atom is 0.408 e. The second kappa shape index (κ2) is 15.9. The Morgan fingerprint density at radius 3 is 2.47 bits per heavy atom. The van der Waals surface area contributed by atoms with Crippen LogP contribution in [0.1, 0.15) is 79.6 Å². The molecule has 3 N–H and O–H groups in total. The number of alkyl carbamates (subject to hydrolysis) is 1. The van der Waals surface area contributed by atoms with Gasteiger partial charge in [0.2, 0.25) is 33.6 Å². The minimum Gasteiger partial charge on any atom is -0.481 e. The molecular weight excluding hydrogens is 784 g/mol. The molecule has 14 nitrogen and oxygen atoms in total. The first-order valence-electron chi connectivity index (χ1n) is 19.6. The average Bonchev–Trinajstić information content (AvgIpc) is 4.06. The fraction of sp³-hybridized carbons (Fsp3) is 0.625. The highest BCUT2D eigenvalue weighted by Gasteiger charge is 2.64. The maximum absolute atomic E-state index is 14.8. The Bertz CT molecular complexity index is 2070. The van der Waals surface area contributed by atoms with Crippen LogP contribution in [0.2, 0.25) is 0 Å². The molecule has 0 radical (unpaired) electrons. The van der Waals surface area contributed by atoms with Gasteiger partial charge in [-0.3, -0.25) is 19.1 Å². The van der Waals surface area contributed by atoms with Gasteiger partial charge in [0.05, 0.1) is 13.7 Å². The van der Waals surface area contributed by atoms with E-state index >= 15 is 0 Å². The number of ether oxygens (including phenoxy) is 3.